The van der Waals surface area contributed by atoms with Gasteiger partial charge in [0, 0.05) is 16.6 Å². The van der Waals surface area contributed by atoms with E-state index in [-0.39, 0.29) is 0 Å². The van der Waals surface area contributed by atoms with Crippen LogP contribution in [-0.4, -0.2) is 29.8 Å². The highest BCUT2D eigenvalue weighted by Crippen LogP contribution is 2.30. The number of aliphatic imine (C=N–C) groups is 2. The molecule has 4 nitrogen and oxygen atoms in total. The quantitative estimate of drug-likeness (QED) is 0.772. The molecular weight excluding hydrogens is 256 g/mol. The molecule has 0 bridgehead atoms. The SMILES string of the molecule is NC1=Nc2cc(Br)ccc2C2=NCCN12. The molecule has 2 aliphatic rings. The molecule has 0 aromatic heterocycles. The Hall–Kier alpha value is -1.36. The predicted octanol–water partition coefficient (Wildman–Crippen LogP) is 1.47. The van der Waals surface area contributed by atoms with E-state index >= 15 is 0 Å². The van der Waals surface area contributed by atoms with Crippen molar-refractivity contribution in [1.82, 2.24) is 4.90 Å². The smallest absolute Gasteiger partial charge is 0.202 e. The van der Waals surface area contributed by atoms with Crippen LogP contribution >= 0.6 is 15.9 Å². The molecule has 0 unspecified atom stereocenters. The number of nitrogens with two attached hydrogens (primary N) is 1. The number of nitrogens with zero attached hydrogens (tertiary/aromatic N) is 3. The molecule has 2 aliphatic heterocycles. The minimum atomic E-state index is 0.539. The number of rotatable bonds is 0. The lowest BCUT2D eigenvalue weighted by molar-refractivity contribution is 0.654. The summed E-state index contributed by atoms with van der Waals surface area (Å²) in [5, 5.41) is 0. The average Bonchev–Trinajstić information content (AvgIpc) is 2.66. The number of halogens is 1. The Labute approximate surface area is 95.6 Å². The molecule has 0 saturated heterocycles. The van der Waals surface area contributed by atoms with Crippen LogP contribution in [0.2, 0.25) is 0 Å². The van der Waals surface area contributed by atoms with Gasteiger partial charge in [0.1, 0.15) is 5.84 Å². The Kier molecular flexibility index (Phi) is 1.82. The Morgan fingerprint density at radius 1 is 1.40 bits per heavy atom. The van der Waals surface area contributed by atoms with Crippen LogP contribution < -0.4 is 5.73 Å². The zero-order valence-corrected chi connectivity index (χ0v) is 9.53. The van der Waals surface area contributed by atoms with Gasteiger partial charge in [0.05, 0.1) is 12.2 Å². The van der Waals surface area contributed by atoms with E-state index in [0.717, 1.165) is 34.6 Å². The fourth-order valence-corrected chi connectivity index (χ4v) is 2.22. The van der Waals surface area contributed by atoms with E-state index in [4.69, 9.17) is 5.73 Å². The molecule has 0 fully saturated rings. The van der Waals surface area contributed by atoms with E-state index in [2.05, 4.69) is 25.9 Å². The van der Waals surface area contributed by atoms with Crippen molar-refractivity contribution in [3.63, 3.8) is 0 Å². The fourth-order valence-electron chi connectivity index (χ4n) is 1.87. The molecule has 15 heavy (non-hydrogen) atoms. The summed E-state index contributed by atoms with van der Waals surface area (Å²) in [6.07, 6.45) is 0. The summed E-state index contributed by atoms with van der Waals surface area (Å²) in [4.78, 5) is 10.8. The molecule has 1 aromatic rings. The van der Waals surface area contributed by atoms with Crippen molar-refractivity contribution in [2.24, 2.45) is 15.7 Å². The van der Waals surface area contributed by atoms with Gasteiger partial charge in [-0.3, -0.25) is 9.89 Å². The van der Waals surface area contributed by atoms with Crippen LogP contribution in [0.25, 0.3) is 0 Å². The first kappa shape index (κ1) is 8.91. The molecule has 76 valence electrons. The van der Waals surface area contributed by atoms with E-state index in [9.17, 15) is 0 Å². The average molecular weight is 265 g/mol. The first-order valence-electron chi connectivity index (χ1n) is 4.72. The van der Waals surface area contributed by atoms with Gasteiger partial charge in [-0.1, -0.05) is 15.9 Å². The molecule has 1 aromatic carbocycles. The summed E-state index contributed by atoms with van der Waals surface area (Å²) in [6.45, 7) is 1.63. The van der Waals surface area contributed by atoms with Crippen LogP contribution in [0.5, 0.6) is 0 Å². The zero-order valence-electron chi connectivity index (χ0n) is 7.94. The number of benzene rings is 1. The third-order valence-corrected chi connectivity index (χ3v) is 3.05. The number of hydrogen-bond donors (Lipinski definition) is 1. The van der Waals surface area contributed by atoms with E-state index in [1.54, 1.807) is 0 Å². The molecule has 0 atom stereocenters. The lowest BCUT2D eigenvalue weighted by Gasteiger charge is -2.24. The third-order valence-electron chi connectivity index (χ3n) is 2.55. The zero-order chi connectivity index (χ0) is 10.4. The summed E-state index contributed by atoms with van der Waals surface area (Å²) in [5.41, 5.74) is 7.81. The maximum Gasteiger partial charge on any atom is 0.202 e. The van der Waals surface area contributed by atoms with Crippen molar-refractivity contribution in [2.45, 2.75) is 0 Å². The first-order valence-corrected chi connectivity index (χ1v) is 5.51. The first-order chi connectivity index (χ1) is 7.25. The normalized spacial score (nSPS) is 18.1. The number of amidine groups is 1. The van der Waals surface area contributed by atoms with Crippen molar-refractivity contribution >= 4 is 33.4 Å². The van der Waals surface area contributed by atoms with E-state index in [1.807, 2.05) is 23.1 Å². The van der Waals surface area contributed by atoms with Crippen molar-refractivity contribution < 1.29 is 0 Å². The summed E-state index contributed by atoms with van der Waals surface area (Å²) >= 11 is 3.42. The second-order valence-corrected chi connectivity index (χ2v) is 4.40. The topological polar surface area (TPSA) is 54.0 Å². The van der Waals surface area contributed by atoms with Gasteiger partial charge in [-0.15, -0.1) is 0 Å². The molecule has 2 N–H and O–H groups in total. The Morgan fingerprint density at radius 2 is 2.27 bits per heavy atom. The molecule has 0 radical (unpaired) electrons. The second kappa shape index (κ2) is 3.06. The van der Waals surface area contributed by atoms with E-state index in [0.29, 0.717) is 5.96 Å². The molecule has 5 heteroatoms. The molecule has 0 amide bonds. The van der Waals surface area contributed by atoms with E-state index in [1.165, 1.54) is 0 Å². The number of hydrogen-bond acceptors (Lipinski definition) is 4. The van der Waals surface area contributed by atoms with Crippen molar-refractivity contribution in [3.8, 4) is 0 Å². The van der Waals surface area contributed by atoms with Crippen molar-refractivity contribution in [2.75, 3.05) is 13.1 Å². The molecule has 0 spiro atoms. The highest BCUT2D eigenvalue weighted by atomic mass is 79.9. The second-order valence-electron chi connectivity index (χ2n) is 3.49. The van der Waals surface area contributed by atoms with Crippen LogP contribution in [0.15, 0.2) is 32.7 Å². The summed E-state index contributed by atoms with van der Waals surface area (Å²) in [7, 11) is 0. The van der Waals surface area contributed by atoms with E-state index < -0.39 is 0 Å². The monoisotopic (exact) mass is 264 g/mol. The maximum absolute atomic E-state index is 5.86. The van der Waals surface area contributed by atoms with Gasteiger partial charge < -0.3 is 5.73 Å². The van der Waals surface area contributed by atoms with Crippen LogP contribution in [0.4, 0.5) is 5.69 Å². The van der Waals surface area contributed by atoms with Gasteiger partial charge in [0.2, 0.25) is 5.96 Å². The highest BCUT2D eigenvalue weighted by molar-refractivity contribution is 9.10. The van der Waals surface area contributed by atoms with Crippen molar-refractivity contribution in [3.05, 3.63) is 28.2 Å². The van der Waals surface area contributed by atoms with Gasteiger partial charge in [0.25, 0.3) is 0 Å². The van der Waals surface area contributed by atoms with Crippen molar-refractivity contribution in [1.29, 1.82) is 0 Å². The molecule has 3 rings (SSSR count). The standard InChI is InChI=1S/C10H9BrN4/c11-6-1-2-7-8(5-6)14-10(12)15-4-3-13-9(7)15/h1-2,5H,3-4H2,(H2,12,14). The summed E-state index contributed by atoms with van der Waals surface area (Å²) < 4.78 is 1.00. The van der Waals surface area contributed by atoms with Crippen LogP contribution in [0, 0.1) is 0 Å². The maximum atomic E-state index is 5.86. The molecule has 2 heterocycles. The number of guanidine groups is 1. The Bertz CT molecular complexity index is 492. The lowest BCUT2D eigenvalue weighted by atomic mass is 10.1. The summed E-state index contributed by atoms with van der Waals surface area (Å²) in [6, 6.07) is 5.97. The Balaban J connectivity index is 2.24. The highest BCUT2D eigenvalue weighted by Gasteiger charge is 2.27. The molecule has 0 saturated carbocycles. The van der Waals surface area contributed by atoms with Crippen LogP contribution in [0.3, 0.4) is 0 Å². The van der Waals surface area contributed by atoms with Gasteiger partial charge >= 0.3 is 0 Å². The minimum Gasteiger partial charge on any atom is -0.369 e. The fraction of sp³-hybridized carbons (Fsp3) is 0.200. The van der Waals surface area contributed by atoms with Gasteiger partial charge in [-0.2, -0.15) is 0 Å². The molecule has 0 aliphatic carbocycles. The van der Waals surface area contributed by atoms with Gasteiger partial charge in [-0.05, 0) is 18.2 Å². The largest absolute Gasteiger partial charge is 0.369 e. The molecular formula is C10H9BrN4. The lowest BCUT2D eigenvalue weighted by Crippen LogP contribution is -2.42. The van der Waals surface area contributed by atoms with Crippen LogP contribution in [0.1, 0.15) is 5.56 Å². The summed E-state index contributed by atoms with van der Waals surface area (Å²) in [5.74, 6) is 1.49. The van der Waals surface area contributed by atoms with Crippen LogP contribution in [-0.2, 0) is 0 Å². The Morgan fingerprint density at radius 3 is 3.13 bits per heavy atom. The predicted molar refractivity (Wildman–Crippen MR) is 63.5 cm³/mol. The van der Waals surface area contributed by atoms with Gasteiger partial charge in [-0.25, -0.2) is 4.99 Å². The minimum absolute atomic E-state index is 0.539. The number of fused-ring (bicyclic) bond motifs is 3. The third kappa shape index (κ3) is 1.26. The van der Waals surface area contributed by atoms with Gasteiger partial charge in [0.15, 0.2) is 0 Å².